The van der Waals surface area contributed by atoms with Gasteiger partial charge in [-0.25, -0.2) is 0 Å². The van der Waals surface area contributed by atoms with Crippen molar-refractivity contribution in [2.75, 3.05) is 20.8 Å². The lowest BCUT2D eigenvalue weighted by atomic mass is 9.95. The summed E-state index contributed by atoms with van der Waals surface area (Å²) in [5.74, 6) is -1.15. The van der Waals surface area contributed by atoms with Crippen molar-refractivity contribution in [1.29, 1.82) is 0 Å². The van der Waals surface area contributed by atoms with Crippen molar-refractivity contribution in [3.63, 3.8) is 0 Å². The van der Waals surface area contributed by atoms with Crippen LogP contribution in [0.25, 0.3) is 5.76 Å². The third-order valence-electron chi connectivity index (χ3n) is 5.46. The molecule has 2 aromatic carbocycles. The van der Waals surface area contributed by atoms with Crippen molar-refractivity contribution >= 4 is 40.7 Å². The molecule has 1 amide bonds. The molecular formula is C24H25Cl2NO5. The molecule has 6 nitrogen and oxygen atoms in total. The van der Waals surface area contributed by atoms with Crippen molar-refractivity contribution in [2.45, 2.75) is 32.2 Å². The molecule has 0 aromatic heterocycles. The summed E-state index contributed by atoms with van der Waals surface area (Å²) in [6.45, 7) is 2.45. The maximum absolute atomic E-state index is 13.1. The van der Waals surface area contributed by atoms with E-state index in [0.717, 1.165) is 19.3 Å². The summed E-state index contributed by atoms with van der Waals surface area (Å²) in [6.07, 6.45) is 2.63. The standard InChI is InChI=1S/C24H25Cl2NO5/c1-4-5-6-11-27-21(14-7-9-15(25)10-8-14)20(23(29)24(27)30)22(28)16-12-17(26)19(32-3)13-18(16)31-2/h7-10,12-13,21,28H,4-6,11H2,1-3H3/b22-20+. The third-order valence-corrected chi connectivity index (χ3v) is 6.00. The monoisotopic (exact) mass is 477 g/mol. The van der Waals surface area contributed by atoms with Gasteiger partial charge in [0.15, 0.2) is 0 Å². The van der Waals surface area contributed by atoms with Crippen molar-refractivity contribution in [3.8, 4) is 11.5 Å². The molecule has 2 aromatic rings. The Balaban J connectivity index is 2.20. The van der Waals surface area contributed by atoms with Gasteiger partial charge < -0.3 is 19.5 Å². The lowest BCUT2D eigenvalue weighted by molar-refractivity contribution is -0.139. The number of nitrogens with zero attached hydrogens (tertiary/aromatic N) is 1. The number of Topliss-reactive ketones (excluding diaryl/α,β-unsaturated/α-hetero) is 1. The summed E-state index contributed by atoms with van der Waals surface area (Å²) in [7, 11) is 2.89. The van der Waals surface area contributed by atoms with E-state index in [1.54, 1.807) is 24.3 Å². The van der Waals surface area contributed by atoms with Gasteiger partial charge in [-0.05, 0) is 30.2 Å². The molecule has 1 fully saturated rings. The fraction of sp³-hybridized carbons (Fsp3) is 0.333. The summed E-state index contributed by atoms with van der Waals surface area (Å²) in [6, 6.07) is 9.09. The van der Waals surface area contributed by atoms with E-state index in [-0.39, 0.29) is 27.7 Å². The number of carbonyl (C=O) groups excluding carboxylic acids is 2. The number of ether oxygens (including phenoxy) is 2. The highest BCUT2D eigenvalue weighted by Gasteiger charge is 2.46. The van der Waals surface area contributed by atoms with Crippen LogP contribution in [0.3, 0.4) is 0 Å². The number of aliphatic hydroxyl groups is 1. The largest absolute Gasteiger partial charge is 0.507 e. The Morgan fingerprint density at radius 2 is 1.69 bits per heavy atom. The van der Waals surface area contributed by atoms with E-state index in [1.807, 2.05) is 0 Å². The molecule has 1 unspecified atom stereocenters. The van der Waals surface area contributed by atoms with Gasteiger partial charge in [0.25, 0.3) is 11.7 Å². The van der Waals surface area contributed by atoms with Crippen molar-refractivity contribution in [2.24, 2.45) is 0 Å². The summed E-state index contributed by atoms with van der Waals surface area (Å²) in [5, 5.41) is 12.0. The van der Waals surface area contributed by atoms with E-state index in [0.29, 0.717) is 22.9 Å². The Bertz CT molecular complexity index is 1050. The quantitative estimate of drug-likeness (QED) is 0.231. The predicted octanol–water partition coefficient (Wildman–Crippen LogP) is 5.62. The van der Waals surface area contributed by atoms with Crippen LogP contribution in [0.4, 0.5) is 0 Å². The van der Waals surface area contributed by atoms with Crippen LogP contribution in [-0.2, 0) is 9.59 Å². The highest BCUT2D eigenvalue weighted by molar-refractivity contribution is 6.46. The topological polar surface area (TPSA) is 76.1 Å². The zero-order valence-electron chi connectivity index (χ0n) is 18.2. The van der Waals surface area contributed by atoms with Crippen LogP contribution in [0.2, 0.25) is 10.0 Å². The van der Waals surface area contributed by atoms with Crippen molar-refractivity contribution < 1.29 is 24.2 Å². The van der Waals surface area contributed by atoms with Crippen LogP contribution in [0.5, 0.6) is 11.5 Å². The van der Waals surface area contributed by atoms with Crippen molar-refractivity contribution in [3.05, 3.63) is 63.1 Å². The first-order chi connectivity index (χ1) is 15.3. The van der Waals surface area contributed by atoms with Gasteiger partial charge in [-0.15, -0.1) is 0 Å². The minimum absolute atomic E-state index is 0.0200. The molecule has 0 bridgehead atoms. The van der Waals surface area contributed by atoms with E-state index in [4.69, 9.17) is 32.7 Å². The first kappa shape index (κ1) is 24.0. The van der Waals surface area contributed by atoms with Gasteiger partial charge in [0, 0.05) is 17.6 Å². The Hall–Kier alpha value is -2.70. The first-order valence-electron chi connectivity index (χ1n) is 10.3. The second-order valence-corrected chi connectivity index (χ2v) is 8.28. The lowest BCUT2D eigenvalue weighted by Crippen LogP contribution is -2.30. The van der Waals surface area contributed by atoms with Gasteiger partial charge in [-0.1, -0.05) is 55.1 Å². The molecule has 1 aliphatic heterocycles. The smallest absolute Gasteiger partial charge is 0.295 e. The molecule has 0 radical (unpaired) electrons. The van der Waals surface area contributed by atoms with Crippen LogP contribution < -0.4 is 9.47 Å². The van der Waals surface area contributed by atoms with E-state index in [9.17, 15) is 14.7 Å². The molecule has 0 aliphatic carbocycles. The number of amides is 1. The maximum atomic E-state index is 13.1. The van der Waals surface area contributed by atoms with E-state index in [2.05, 4.69) is 6.92 Å². The molecule has 1 atom stereocenters. The highest BCUT2D eigenvalue weighted by atomic mass is 35.5. The van der Waals surface area contributed by atoms with Gasteiger partial charge >= 0.3 is 0 Å². The van der Waals surface area contributed by atoms with Crippen LogP contribution >= 0.6 is 23.2 Å². The van der Waals surface area contributed by atoms with E-state index in [1.165, 1.54) is 31.3 Å². The van der Waals surface area contributed by atoms with Crippen LogP contribution in [0, 0.1) is 0 Å². The van der Waals surface area contributed by atoms with Crippen LogP contribution in [0.15, 0.2) is 42.0 Å². The van der Waals surface area contributed by atoms with Crippen molar-refractivity contribution in [1.82, 2.24) is 4.90 Å². The number of aliphatic hydroxyl groups excluding tert-OH is 1. The second-order valence-electron chi connectivity index (χ2n) is 7.44. The Morgan fingerprint density at radius 1 is 1.03 bits per heavy atom. The number of halogens is 2. The summed E-state index contributed by atoms with van der Waals surface area (Å²) < 4.78 is 10.6. The van der Waals surface area contributed by atoms with Gasteiger partial charge in [0.05, 0.1) is 36.4 Å². The molecule has 1 heterocycles. The number of rotatable bonds is 8. The van der Waals surface area contributed by atoms with Crippen LogP contribution in [0.1, 0.15) is 43.4 Å². The summed E-state index contributed by atoms with van der Waals surface area (Å²) >= 11 is 12.3. The number of unbranched alkanes of at least 4 members (excludes halogenated alkanes) is 2. The Labute approximate surface area is 197 Å². The Kier molecular flexibility index (Phi) is 7.69. The number of hydrogen-bond acceptors (Lipinski definition) is 5. The first-order valence-corrected chi connectivity index (χ1v) is 11.0. The molecule has 3 rings (SSSR count). The highest BCUT2D eigenvalue weighted by Crippen LogP contribution is 2.43. The number of methoxy groups -OCH3 is 2. The summed E-state index contributed by atoms with van der Waals surface area (Å²) in [4.78, 5) is 27.5. The van der Waals surface area contributed by atoms with E-state index < -0.39 is 17.7 Å². The molecule has 0 saturated carbocycles. The third kappa shape index (κ3) is 4.57. The molecule has 1 N–H and O–H groups in total. The molecule has 1 aliphatic rings. The molecule has 0 spiro atoms. The Morgan fingerprint density at radius 3 is 2.28 bits per heavy atom. The SMILES string of the molecule is CCCCCN1C(=O)C(=O)/C(=C(/O)c2cc(Cl)c(OC)cc2OC)C1c1ccc(Cl)cc1. The average molecular weight is 478 g/mol. The minimum Gasteiger partial charge on any atom is -0.507 e. The number of benzene rings is 2. The van der Waals surface area contributed by atoms with Gasteiger partial charge in [0.2, 0.25) is 0 Å². The maximum Gasteiger partial charge on any atom is 0.295 e. The minimum atomic E-state index is -0.757. The predicted molar refractivity (Wildman–Crippen MR) is 125 cm³/mol. The average Bonchev–Trinajstić information content (AvgIpc) is 3.04. The molecule has 8 heteroatoms. The number of hydrogen-bond donors (Lipinski definition) is 1. The summed E-state index contributed by atoms with van der Waals surface area (Å²) in [5.41, 5.74) is 0.849. The van der Waals surface area contributed by atoms with Gasteiger partial charge in [-0.3, -0.25) is 9.59 Å². The van der Waals surface area contributed by atoms with E-state index >= 15 is 0 Å². The fourth-order valence-corrected chi connectivity index (χ4v) is 4.19. The number of carbonyl (C=O) groups is 2. The number of likely N-dealkylation sites (tertiary alicyclic amines) is 1. The normalized spacial score (nSPS) is 17.7. The zero-order valence-corrected chi connectivity index (χ0v) is 19.7. The molecular weight excluding hydrogens is 453 g/mol. The van der Waals surface area contributed by atoms with Gasteiger partial charge in [0.1, 0.15) is 17.3 Å². The second kappa shape index (κ2) is 10.3. The lowest BCUT2D eigenvalue weighted by Gasteiger charge is -2.25. The fourth-order valence-electron chi connectivity index (χ4n) is 3.82. The van der Waals surface area contributed by atoms with Gasteiger partial charge in [-0.2, -0.15) is 0 Å². The number of ketones is 1. The molecule has 1 saturated heterocycles. The molecule has 170 valence electrons. The molecule has 32 heavy (non-hydrogen) atoms. The van der Waals surface area contributed by atoms with Crippen LogP contribution in [-0.4, -0.2) is 42.5 Å². The zero-order chi connectivity index (χ0) is 23.4.